The molecule has 20 heavy (non-hydrogen) atoms. The average molecular weight is 339 g/mol. The third-order valence-corrected chi connectivity index (χ3v) is 3.50. The standard InChI is InChI=1S/C14H12BrFN2O2/c1-9-6-11(18(19)20)3-5-14(9)17-8-10-2-4-13(16)12(15)7-10/h2-7,17H,8H2,1H3. The third kappa shape index (κ3) is 3.33. The summed E-state index contributed by atoms with van der Waals surface area (Å²) >= 11 is 3.13. The highest BCUT2D eigenvalue weighted by Gasteiger charge is 2.08. The fourth-order valence-electron chi connectivity index (χ4n) is 1.81. The van der Waals surface area contributed by atoms with Crippen LogP contribution >= 0.6 is 15.9 Å². The zero-order chi connectivity index (χ0) is 14.7. The highest BCUT2D eigenvalue weighted by Crippen LogP contribution is 2.22. The number of hydrogen-bond donors (Lipinski definition) is 1. The SMILES string of the molecule is Cc1cc([N+](=O)[O-])ccc1NCc1ccc(F)c(Br)c1. The Morgan fingerprint density at radius 1 is 1.30 bits per heavy atom. The molecule has 0 heterocycles. The van der Waals surface area contributed by atoms with Crippen LogP contribution in [0.25, 0.3) is 0 Å². The second-order valence-corrected chi connectivity index (χ2v) is 5.21. The summed E-state index contributed by atoms with van der Waals surface area (Å²) in [5, 5.41) is 13.8. The number of rotatable bonds is 4. The molecule has 2 aromatic rings. The lowest BCUT2D eigenvalue weighted by Gasteiger charge is -2.10. The van der Waals surface area contributed by atoms with E-state index < -0.39 is 4.92 Å². The van der Waals surface area contributed by atoms with Crippen molar-refractivity contribution in [3.63, 3.8) is 0 Å². The van der Waals surface area contributed by atoms with E-state index in [1.807, 2.05) is 0 Å². The lowest BCUT2D eigenvalue weighted by Crippen LogP contribution is -2.02. The molecule has 0 bridgehead atoms. The molecule has 1 N–H and O–H groups in total. The Kier molecular flexibility index (Phi) is 4.34. The third-order valence-electron chi connectivity index (χ3n) is 2.89. The van der Waals surface area contributed by atoms with Crippen molar-refractivity contribution in [2.45, 2.75) is 13.5 Å². The van der Waals surface area contributed by atoms with E-state index in [2.05, 4.69) is 21.2 Å². The molecule has 4 nitrogen and oxygen atoms in total. The number of hydrogen-bond acceptors (Lipinski definition) is 3. The van der Waals surface area contributed by atoms with Gasteiger partial charge in [0.05, 0.1) is 9.40 Å². The molecular formula is C14H12BrFN2O2. The van der Waals surface area contributed by atoms with Crippen molar-refractivity contribution in [1.82, 2.24) is 0 Å². The van der Waals surface area contributed by atoms with Gasteiger partial charge in [0.1, 0.15) is 5.82 Å². The van der Waals surface area contributed by atoms with Gasteiger partial charge in [0, 0.05) is 24.4 Å². The Morgan fingerprint density at radius 3 is 2.65 bits per heavy atom. The molecule has 2 aromatic carbocycles. The summed E-state index contributed by atoms with van der Waals surface area (Å²) in [6, 6.07) is 9.42. The smallest absolute Gasteiger partial charge is 0.269 e. The van der Waals surface area contributed by atoms with Crippen LogP contribution in [0.4, 0.5) is 15.8 Å². The van der Waals surface area contributed by atoms with Gasteiger partial charge in [-0.1, -0.05) is 6.07 Å². The quantitative estimate of drug-likeness (QED) is 0.663. The normalized spacial score (nSPS) is 10.3. The monoisotopic (exact) mass is 338 g/mol. The molecule has 0 aromatic heterocycles. The summed E-state index contributed by atoms with van der Waals surface area (Å²) in [6.45, 7) is 2.31. The van der Waals surface area contributed by atoms with Gasteiger partial charge in [-0.2, -0.15) is 0 Å². The van der Waals surface area contributed by atoms with Crippen LogP contribution in [0.5, 0.6) is 0 Å². The van der Waals surface area contributed by atoms with E-state index in [0.717, 1.165) is 16.8 Å². The minimum absolute atomic E-state index is 0.0672. The van der Waals surface area contributed by atoms with Crippen molar-refractivity contribution in [2.24, 2.45) is 0 Å². The first-order valence-electron chi connectivity index (χ1n) is 5.90. The molecule has 0 aliphatic heterocycles. The summed E-state index contributed by atoms with van der Waals surface area (Å²) in [7, 11) is 0. The zero-order valence-electron chi connectivity index (χ0n) is 10.7. The number of non-ortho nitro benzene ring substituents is 1. The van der Waals surface area contributed by atoms with E-state index in [9.17, 15) is 14.5 Å². The summed E-state index contributed by atoms with van der Waals surface area (Å²) < 4.78 is 13.5. The van der Waals surface area contributed by atoms with Gasteiger partial charge in [-0.05, 0) is 52.2 Å². The van der Waals surface area contributed by atoms with Gasteiger partial charge in [0.15, 0.2) is 0 Å². The van der Waals surface area contributed by atoms with E-state index in [-0.39, 0.29) is 11.5 Å². The number of halogens is 2. The lowest BCUT2D eigenvalue weighted by molar-refractivity contribution is -0.384. The van der Waals surface area contributed by atoms with Crippen LogP contribution in [0.3, 0.4) is 0 Å². The molecule has 0 spiro atoms. The van der Waals surface area contributed by atoms with Crippen molar-refractivity contribution in [2.75, 3.05) is 5.32 Å². The maximum atomic E-state index is 13.1. The second kappa shape index (κ2) is 6.00. The molecule has 0 aliphatic carbocycles. The van der Waals surface area contributed by atoms with Crippen LogP contribution in [-0.2, 0) is 6.54 Å². The fourth-order valence-corrected chi connectivity index (χ4v) is 2.23. The van der Waals surface area contributed by atoms with Crippen molar-refractivity contribution in [3.8, 4) is 0 Å². The molecule has 6 heteroatoms. The van der Waals surface area contributed by atoms with Crippen LogP contribution < -0.4 is 5.32 Å². The molecular weight excluding hydrogens is 327 g/mol. The molecule has 0 aliphatic rings. The van der Waals surface area contributed by atoms with Crippen molar-refractivity contribution in [3.05, 3.63) is 67.9 Å². The van der Waals surface area contributed by atoms with Gasteiger partial charge in [-0.15, -0.1) is 0 Å². The highest BCUT2D eigenvalue weighted by molar-refractivity contribution is 9.10. The molecule has 0 saturated carbocycles. The zero-order valence-corrected chi connectivity index (χ0v) is 12.3. The van der Waals surface area contributed by atoms with E-state index in [1.54, 1.807) is 25.1 Å². The molecule has 0 unspecified atom stereocenters. The largest absolute Gasteiger partial charge is 0.381 e. The molecule has 0 saturated heterocycles. The topological polar surface area (TPSA) is 55.2 Å². The number of anilines is 1. The van der Waals surface area contributed by atoms with Crippen LogP contribution in [0.2, 0.25) is 0 Å². The second-order valence-electron chi connectivity index (χ2n) is 4.36. The summed E-state index contributed by atoms with van der Waals surface area (Å²) in [5.74, 6) is -0.305. The number of nitro groups is 1. The first kappa shape index (κ1) is 14.5. The van der Waals surface area contributed by atoms with Gasteiger partial charge < -0.3 is 5.32 Å². The van der Waals surface area contributed by atoms with Crippen LogP contribution in [-0.4, -0.2) is 4.92 Å². The van der Waals surface area contributed by atoms with Crippen molar-refractivity contribution < 1.29 is 9.31 Å². The minimum Gasteiger partial charge on any atom is -0.381 e. The van der Waals surface area contributed by atoms with Gasteiger partial charge >= 0.3 is 0 Å². The van der Waals surface area contributed by atoms with Gasteiger partial charge in [0.25, 0.3) is 5.69 Å². The minimum atomic E-state index is -0.423. The average Bonchev–Trinajstić information content (AvgIpc) is 2.41. The number of nitrogens with one attached hydrogen (secondary N) is 1. The Balaban J connectivity index is 2.10. The maximum absolute atomic E-state index is 13.1. The molecule has 0 amide bonds. The highest BCUT2D eigenvalue weighted by atomic mass is 79.9. The van der Waals surface area contributed by atoms with Crippen molar-refractivity contribution >= 4 is 27.3 Å². The lowest BCUT2D eigenvalue weighted by atomic mass is 10.1. The first-order valence-corrected chi connectivity index (χ1v) is 6.69. The maximum Gasteiger partial charge on any atom is 0.269 e. The van der Waals surface area contributed by atoms with E-state index in [1.165, 1.54) is 18.2 Å². The molecule has 0 fully saturated rings. The Hall–Kier alpha value is -1.95. The number of aryl methyl sites for hydroxylation is 1. The van der Waals surface area contributed by atoms with Crippen LogP contribution in [0.15, 0.2) is 40.9 Å². The first-order chi connectivity index (χ1) is 9.47. The summed E-state index contributed by atoms with van der Waals surface area (Å²) in [6.07, 6.45) is 0. The van der Waals surface area contributed by atoms with Gasteiger partial charge in [0.2, 0.25) is 0 Å². The predicted octanol–water partition coefficient (Wildman–Crippen LogP) is 4.42. The van der Waals surface area contributed by atoms with Crippen molar-refractivity contribution in [1.29, 1.82) is 0 Å². The van der Waals surface area contributed by atoms with E-state index in [4.69, 9.17) is 0 Å². The Morgan fingerprint density at radius 2 is 2.05 bits per heavy atom. The predicted molar refractivity (Wildman–Crippen MR) is 79.3 cm³/mol. The molecule has 0 radical (unpaired) electrons. The summed E-state index contributed by atoms with van der Waals surface area (Å²) in [4.78, 5) is 10.2. The van der Waals surface area contributed by atoms with Crippen LogP contribution in [0.1, 0.15) is 11.1 Å². The number of benzene rings is 2. The Bertz CT molecular complexity index is 662. The number of nitrogens with zero attached hydrogens (tertiary/aromatic N) is 1. The van der Waals surface area contributed by atoms with Gasteiger partial charge in [-0.3, -0.25) is 10.1 Å². The number of nitro benzene ring substituents is 1. The van der Waals surface area contributed by atoms with Gasteiger partial charge in [-0.25, -0.2) is 4.39 Å². The Labute approximate surface area is 123 Å². The molecule has 104 valence electrons. The van der Waals surface area contributed by atoms with Crippen LogP contribution in [0, 0.1) is 22.9 Å². The molecule has 2 rings (SSSR count). The summed E-state index contributed by atoms with van der Waals surface area (Å²) in [5.41, 5.74) is 2.59. The van der Waals surface area contributed by atoms with E-state index >= 15 is 0 Å². The van der Waals surface area contributed by atoms with E-state index in [0.29, 0.717) is 11.0 Å². The fraction of sp³-hybridized carbons (Fsp3) is 0.143. The molecule has 0 atom stereocenters.